The molecule has 0 spiro atoms. The van der Waals surface area contributed by atoms with Crippen LogP contribution in [0.4, 0.5) is 0 Å². The van der Waals surface area contributed by atoms with Crippen molar-refractivity contribution in [3.63, 3.8) is 0 Å². The third-order valence-corrected chi connectivity index (χ3v) is 4.02. The predicted octanol–water partition coefficient (Wildman–Crippen LogP) is 0.883. The van der Waals surface area contributed by atoms with Gasteiger partial charge in [0.2, 0.25) is 0 Å². The van der Waals surface area contributed by atoms with Crippen molar-refractivity contribution in [1.82, 2.24) is 20.0 Å². The lowest BCUT2D eigenvalue weighted by atomic mass is 10.1. The smallest absolute Gasteiger partial charge is 0.102 e. The van der Waals surface area contributed by atoms with Gasteiger partial charge in [0.05, 0.1) is 48.8 Å². The van der Waals surface area contributed by atoms with Crippen molar-refractivity contribution in [3.05, 3.63) is 16.4 Å². The summed E-state index contributed by atoms with van der Waals surface area (Å²) in [6.07, 6.45) is 1.86. The van der Waals surface area contributed by atoms with Crippen molar-refractivity contribution in [2.75, 3.05) is 47.5 Å². The Bertz CT molecular complexity index is 419. The summed E-state index contributed by atoms with van der Waals surface area (Å²) in [5, 5.41) is 7.79. The minimum Gasteiger partial charge on any atom is -0.376 e. The normalized spacial score (nSPS) is 21.4. The lowest BCUT2D eigenvalue weighted by Crippen LogP contribution is -2.40. The molecule has 2 atom stereocenters. The minimum absolute atomic E-state index is 0.0138. The van der Waals surface area contributed by atoms with Crippen molar-refractivity contribution >= 4 is 15.9 Å². The first kappa shape index (κ1) is 15.9. The molecule has 6 nitrogen and oxygen atoms in total. The van der Waals surface area contributed by atoms with Crippen LogP contribution in [0.3, 0.4) is 0 Å². The summed E-state index contributed by atoms with van der Waals surface area (Å²) >= 11 is 3.60. The molecule has 1 aliphatic heterocycles. The van der Waals surface area contributed by atoms with Gasteiger partial charge in [-0.05, 0) is 37.1 Å². The van der Waals surface area contributed by atoms with Crippen LogP contribution in [0.1, 0.15) is 11.7 Å². The Morgan fingerprint density at radius 3 is 2.95 bits per heavy atom. The second kappa shape index (κ2) is 7.51. The third-order valence-electron chi connectivity index (χ3n) is 3.41. The van der Waals surface area contributed by atoms with Crippen LogP contribution in [0, 0.1) is 0 Å². The summed E-state index contributed by atoms with van der Waals surface area (Å²) in [5.74, 6) is 0. The molecule has 0 saturated carbocycles. The van der Waals surface area contributed by atoms with Gasteiger partial charge >= 0.3 is 0 Å². The molecule has 0 aliphatic carbocycles. The number of hydrogen-bond acceptors (Lipinski definition) is 5. The second-order valence-electron chi connectivity index (χ2n) is 5.15. The Kier molecular flexibility index (Phi) is 5.98. The van der Waals surface area contributed by atoms with Crippen molar-refractivity contribution < 1.29 is 9.47 Å². The Morgan fingerprint density at radius 1 is 1.55 bits per heavy atom. The molecular formula is C13H23BrN4O2. The molecule has 7 heteroatoms. The molecule has 2 unspecified atom stereocenters. The van der Waals surface area contributed by atoms with Crippen LogP contribution in [0.2, 0.25) is 0 Å². The van der Waals surface area contributed by atoms with E-state index in [4.69, 9.17) is 9.47 Å². The highest BCUT2D eigenvalue weighted by Gasteiger charge is 2.29. The second-order valence-corrected chi connectivity index (χ2v) is 6.01. The van der Waals surface area contributed by atoms with Crippen molar-refractivity contribution in [3.8, 4) is 0 Å². The van der Waals surface area contributed by atoms with E-state index < -0.39 is 0 Å². The first-order valence-corrected chi connectivity index (χ1v) is 7.65. The molecule has 2 rings (SSSR count). The Hall–Kier alpha value is -0.470. The number of rotatable bonds is 6. The fourth-order valence-electron chi connectivity index (χ4n) is 2.35. The fourth-order valence-corrected chi connectivity index (χ4v) is 2.89. The van der Waals surface area contributed by atoms with Crippen LogP contribution in [0.25, 0.3) is 0 Å². The zero-order valence-electron chi connectivity index (χ0n) is 12.3. The Morgan fingerprint density at radius 2 is 2.35 bits per heavy atom. The zero-order valence-corrected chi connectivity index (χ0v) is 13.9. The first-order valence-electron chi connectivity index (χ1n) is 6.86. The average molecular weight is 347 g/mol. The van der Waals surface area contributed by atoms with E-state index in [9.17, 15) is 0 Å². The Labute approximate surface area is 128 Å². The topological polar surface area (TPSA) is 51.6 Å². The van der Waals surface area contributed by atoms with Gasteiger partial charge in [0.25, 0.3) is 0 Å². The van der Waals surface area contributed by atoms with Gasteiger partial charge in [0.1, 0.15) is 6.10 Å². The lowest BCUT2D eigenvalue weighted by molar-refractivity contribution is -0.102. The van der Waals surface area contributed by atoms with Crippen LogP contribution >= 0.6 is 15.9 Å². The number of nitrogens with one attached hydrogen (secondary N) is 1. The maximum absolute atomic E-state index is 5.83. The molecule has 1 saturated heterocycles. The summed E-state index contributed by atoms with van der Waals surface area (Å²) in [4.78, 5) is 2.15. The lowest BCUT2D eigenvalue weighted by Gasteiger charge is -2.31. The Balaban J connectivity index is 2.17. The largest absolute Gasteiger partial charge is 0.376 e. The van der Waals surface area contributed by atoms with E-state index in [2.05, 4.69) is 45.3 Å². The molecule has 1 aromatic heterocycles. The molecule has 0 aromatic carbocycles. The summed E-state index contributed by atoms with van der Waals surface area (Å²) in [6.45, 7) is 3.72. The van der Waals surface area contributed by atoms with Crippen molar-refractivity contribution in [2.24, 2.45) is 0 Å². The quantitative estimate of drug-likeness (QED) is 0.828. The number of halogens is 1. The number of aromatic nitrogens is 2. The molecule has 1 N–H and O–H groups in total. The van der Waals surface area contributed by atoms with Crippen LogP contribution < -0.4 is 5.32 Å². The van der Waals surface area contributed by atoms with E-state index in [1.54, 1.807) is 0 Å². The van der Waals surface area contributed by atoms with Gasteiger partial charge in [-0.2, -0.15) is 5.10 Å². The highest BCUT2D eigenvalue weighted by Crippen LogP contribution is 2.28. The summed E-state index contributed by atoms with van der Waals surface area (Å²) in [7, 11) is 6.07. The molecular weight excluding hydrogens is 324 g/mol. The monoisotopic (exact) mass is 346 g/mol. The van der Waals surface area contributed by atoms with Gasteiger partial charge in [0.15, 0.2) is 0 Å². The summed E-state index contributed by atoms with van der Waals surface area (Å²) in [5.41, 5.74) is 1.12. The van der Waals surface area contributed by atoms with E-state index in [1.807, 2.05) is 17.9 Å². The highest BCUT2D eigenvalue weighted by molar-refractivity contribution is 9.10. The maximum Gasteiger partial charge on any atom is 0.102 e. The molecule has 1 fully saturated rings. The van der Waals surface area contributed by atoms with Gasteiger partial charge < -0.3 is 19.7 Å². The van der Waals surface area contributed by atoms with Crippen LogP contribution in [0.5, 0.6) is 0 Å². The number of ether oxygens (including phenoxy) is 2. The van der Waals surface area contributed by atoms with E-state index in [0.29, 0.717) is 19.8 Å². The van der Waals surface area contributed by atoms with Crippen LogP contribution in [-0.4, -0.2) is 68.3 Å². The number of nitrogens with zero attached hydrogens (tertiary/aromatic N) is 3. The maximum atomic E-state index is 5.83. The van der Waals surface area contributed by atoms with Crippen LogP contribution in [-0.2, 0) is 16.0 Å². The zero-order chi connectivity index (χ0) is 14.5. The number of hydrogen-bond donors (Lipinski definition) is 1. The van der Waals surface area contributed by atoms with Gasteiger partial charge in [-0.25, -0.2) is 0 Å². The van der Waals surface area contributed by atoms with E-state index in [1.165, 1.54) is 0 Å². The molecule has 2 heterocycles. The molecule has 114 valence electrons. The van der Waals surface area contributed by atoms with Crippen molar-refractivity contribution in [1.29, 1.82) is 0 Å². The fraction of sp³-hybridized carbons (Fsp3) is 0.769. The SMILES string of the molecule is CNC(c1c(Br)cnn1CCN(C)C)C1COCCO1. The average Bonchev–Trinajstić information content (AvgIpc) is 2.80. The van der Waals surface area contributed by atoms with Gasteiger partial charge in [-0.3, -0.25) is 4.68 Å². The molecule has 20 heavy (non-hydrogen) atoms. The standard InChI is InChI=1S/C13H23BrN4O2/c1-15-12(11-9-19-6-7-20-11)13-10(14)8-16-18(13)5-4-17(2)3/h8,11-12,15H,4-7,9H2,1-3H3. The van der Waals surface area contributed by atoms with E-state index >= 15 is 0 Å². The molecule has 1 aromatic rings. The van der Waals surface area contributed by atoms with Gasteiger partial charge in [-0.1, -0.05) is 0 Å². The highest BCUT2D eigenvalue weighted by atomic mass is 79.9. The molecule has 0 bridgehead atoms. The first-order chi connectivity index (χ1) is 9.63. The molecule has 0 amide bonds. The van der Waals surface area contributed by atoms with E-state index in [-0.39, 0.29) is 12.1 Å². The molecule has 1 aliphatic rings. The van der Waals surface area contributed by atoms with Gasteiger partial charge in [0, 0.05) is 6.54 Å². The minimum atomic E-state index is 0.0138. The molecule has 0 radical (unpaired) electrons. The summed E-state index contributed by atoms with van der Waals surface area (Å²) in [6, 6.07) is 0.0642. The van der Waals surface area contributed by atoms with E-state index in [0.717, 1.165) is 23.3 Å². The van der Waals surface area contributed by atoms with Crippen molar-refractivity contribution in [2.45, 2.75) is 18.7 Å². The van der Waals surface area contributed by atoms with Crippen LogP contribution in [0.15, 0.2) is 10.7 Å². The van der Waals surface area contributed by atoms with Gasteiger partial charge in [-0.15, -0.1) is 0 Å². The summed E-state index contributed by atoms with van der Waals surface area (Å²) < 4.78 is 14.4. The number of likely N-dealkylation sites (N-methyl/N-ethyl adjacent to an activating group) is 2. The third kappa shape index (κ3) is 3.79. The predicted molar refractivity (Wildman–Crippen MR) is 80.8 cm³/mol.